The van der Waals surface area contributed by atoms with Gasteiger partial charge in [-0.15, -0.1) is 0 Å². The summed E-state index contributed by atoms with van der Waals surface area (Å²) >= 11 is 0. The van der Waals surface area contributed by atoms with Crippen molar-refractivity contribution in [1.82, 2.24) is 5.32 Å². The number of nitrogens with one attached hydrogen (secondary N) is 1. The summed E-state index contributed by atoms with van der Waals surface area (Å²) < 4.78 is 27.9. The summed E-state index contributed by atoms with van der Waals surface area (Å²) in [6.07, 6.45) is 0.979. The maximum atomic E-state index is 14.1. The summed E-state index contributed by atoms with van der Waals surface area (Å²) in [7, 11) is 0. The first-order valence-electron chi connectivity index (χ1n) is 6.92. The van der Waals surface area contributed by atoms with E-state index >= 15 is 0 Å². The van der Waals surface area contributed by atoms with Gasteiger partial charge in [-0.25, -0.2) is 8.78 Å². The highest BCUT2D eigenvalue weighted by atomic mass is 19.1. The third kappa shape index (κ3) is 3.24. The third-order valence-corrected chi connectivity index (χ3v) is 3.68. The Hall–Kier alpha value is -1.16. The van der Waals surface area contributed by atoms with Crippen molar-refractivity contribution in [2.24, 2.45) is 5.92 Å². The summed E-state index contributed by atoms with van der Waals surface area (Å²) in [6, 6.07) is 3.29. The zero-order valence-electron chi connectivity index (χ0n) is 11.8. The van der Waals surface area contributed by atoms with Crippen LogP contribution in [-0.2, 0) is 0 Å². The van der Waals surface area contributed by atoms with E-state index in [1.165, 1.54) is 12.1 Å². The normalized spacial score (nSPS) is 19.5. The zero-order chi connectivity index (χ0) is 14.0. The molecular formula is C15H22F2N2. The maximum absolute atomic E-state index is 14.1. The van der Waals surface area contributed by atoms with Crippen molar-refractivity contribution >= 4 is 5.69 Å². The summed E-state index contributed by atoms with van der Waals surface area (Å²) in [5, 5.41) is 3.39. The van der Waals surface area contributed by atoms with E-state index in [4.69, 9.17) is 0 Å². The number of halogens is 2. The quantitative estimate of drug-likeness (QED) is 0.902. The lowest BCUT2D eigenvalue weighted by atomic mass is 10.1. The molecule has 1 unspecified atom stereocenters. The van der Waals surface area contributed by atoms with E-state index in [0.717, 1.165) is 26.1 Å². The highest BCUT2D eigenvalue weighted by molar-refractivity contribution is 5.52. The van der Waals surface area contributed by atoms with Gasteiger partial charge in [-0.05, 0) is 37.4 Å². The molecule has 106 valence electrons. The highest BCUT2D eigenvalue weighted by Crippen LogP contribution is 2.30. The fourth-order valence-electron chi connectivity index (χ4n) is 2.54. The molecule has 1 atom stereocenters. The third-order valence-electron chi connectivity index (χ3n) is 3.68. The van der Waals surface area contributed by atoms with Crippen LogP contribution in [0.5, 0.6) is 0 Å². The Kier molecular flexibility index (Phi) is 4.40. The number of anilines is 1. The molecule has 2 rings (SSSR count). The van der Waals surface area contributed by atoms with Crippen LogP contribution in [-0.4, -0.2) is 25.7 Å². The number of benzene rings is 1. The minimum absolute atomic E-state index is 0.145. The van der Waals surface area contributed by atoms with Crippen LogP contribution in [0.4, 0.5) is 14.5 Å². The monoisotopic (exact) mass is 268 g/mol. The summed E-state index contributed by atoms with van der Waals surface area (Å²) in [6.45, 7) is 8.23. The van der Waals surface area contributed by atoms with E-state index in [0.29, 0.717) is 17.5 Å². The molecule has 2 nitrogen and oxygen atoms in total. The predicted molar refractivity (Wildman–Crippen MR) is 74.6 cm³/mol. The molecule has 1 heterocycles. The first kappa shape index (κ1) is 14.3. The second kappa shape index (κ2) is 5.87. The molecule has 1 aromatic rings. The van der Waals surface area contributed by atoms with Crippen LogP contribution < -0.4 is 10.2 Å². The molecule has 0 amide bonds. The van der Waals surface area contributed by atoms with Gasteiger partial charge in [0.15, 0.2) is 5.82 Å². The molecule has 1 aliphatic rings. The minimum atomic E-state index is -0.458. The number of rotatable bonds is 4. The predicted octanol–water partition coefficient (Wildman–Crippen LogP) is 3.10. The molecule has 0 radical (unpaired) electrons. The number of hydrogen-bond acceptors (Lipinski definition) is 2. The zero-order valence-corrected chi connectivity index (χ0v) is 11.8. The Bertz CT molecular complexity index is 446. The molecular weight excluding hydrogens is 246 g/mol. The molecule has 0 aromatic heterocycles. The average molecular weight is 268 g/mol. The van der Waals surface area contributed by atoms with Gasteiger partial charge < -0.3 is 10.2 Å². The largest absolute Gasteiger partial charge is 0.366 e. The van der Waals surface area contributed by atoms with Crippen LogP contribution in [0.3, 0.4) is 0 Å². The first-order chi connectivity index (χ1) is 8.99. The molecule has 0 spiro atoms. The van der Waals surface area contributed by atoms with E-state index in [1.54, 1.807) is 6.92 Å². The van der Waals surface area contributed by atoms with E-state index in [-0.39, 0.29) is 5.69 Å². The van der Waals surface area contributed by atoms with Crippen LogP contribution in [0.15, 0.2) is 12.1 Å². The van der Waals surface area contributed by atoms with Crippen molar-refractivity contribution in [1.29, 1.82) is 0 Å². The molecule has 1 aliphatic heterocycles. The Morgan fingerprint density at radius 3 is 2.79 bits per heavy atom. The standard InChI is InChI=1S/C15H22F2N2/c1-10(2)18-8-12-6-7-19(9-12)15-13(16)5-4-11(3)14(15)17/h4-5,10,12,18H,6-9H2,1-3H3. The molecule has 19 heavy (non-hydrogen) atoms. The van der Waals surface area contributed by atoms with Gasteiger partial charge in [0.05, 0.1) is 0 Å². The van der Waals surface area contributed by atoms with Gasteiger partial charge in [0, 0.05) is 19.1 Å². The number of hydrogen-bond donors (Lipinski definition) is 1. The van der Waals surface area contributed by atoms with Crippen molar-refractivity contribution in [2.45, 2.75) is 33.2 Å². The molecule has 0 aliphatic carbocycles. The maximum Gasteiger partial charge on any atom is 0.152 e. The van der Waals surface area contributed by atoms with E-state index in [9.17, 15) is 8.78 Å². The van der Waals surface area contributed by atoms with Gasteiger partial charge in [0.25, 0.3) is 0 Å². The molecule has 0 saturated carbocycles. The van der Waals surface area contributed by atoms with E-state index < -0.39 is 11.6 Å². The van der Waals surface area contributed by atoms with Crippen LogP contribution >= 0.6 is 0 Å². The topological polar surface area (TPSA) is 15.3 Å². The van der Waals surface area contributed by atoms with Crippen LogP contribution in [0.2, 0.25) is 0 Å². The SMILES string of the molecule is Cc1ccc(F)c(N2CCC(CNC(C)C)C2)c1F. The Labute approximate surface area is 113 Å². The van der Waals surface area contributed by atoms with Crippen LogP contribution in [0.1, 0.15) is 25.8 Å². The first-order valence-corrected chi connectivity index (χ1v) is 6.92. The Morgan fingerprint density at radius 2 is 2.11 bits per heavy atom. The fourth-order valence-corrected chi connectivity index (χ4v) is 2.54. The smallest absolute Gasteiger partial charge is 0.152 e. The van der Waals surface area contributed by atoms with Crippen molar-refractivity contribution in [3.63, 3.8) is 0 Å². The van der Waals surface area contributed by atoms with Gasteiger partial charge in [0.1, 0.15) is 11.5 Å². The van der Waals surface area contributed by atoms with Gasteiger partial charge in [-0.3, -0.25) is 0 Å². The Balaban J connectivity index is 2.07. The summed E-state index contributed by atoms with van der Waals surface area (Å²) in [4.78, 5) is 1.84. The summed E-state index contributed by atoms with van der Waals surface area (Å²) in [5.41, 5.74) is 0.646. The molecule has 4 heteroatoms. The average Bonchev–Trinajstić information content (AvgIpc) is 2.80. The fraction of sp³-hybridized carbons (Fsp3) is 0.600. The van der Waals surface area contributed by atoms with E-state index in [2.05, 4.69) is 19.2 Å². The highest BCUT2D eigenvalue weighted by Gasteiger charge is 2.27. The Morgan fingerprint density at radius 1 is 1.37 bits per heavy atom. The van der Waals surface area contributed by atoms with Crippen molar-refractivity contribution in [3.8, 4) is 0 Å². The van der Waals surface area contributed by atoms with Crippen LogP contribution in [0.25, 0.3) is 0 Å². The second-order valence-corrected chi connectivity index (χ2v) is 5.69. The van der Waals surface area contributed by atoms with Gasteiger partial charge in [-0.2, -0.15) is 0 Å². The van der Waals surface area contributed by atoms with E-state index in [1.807, 2.05) is 4.90 Å². The van der Waals surface area contributed by atoms with Gasteiger partial charge in [0.2, 0.25) is 0 Å². The lowest BCUT2D eigenvalue weighted by Crippen LogP contribution is -2.31. The molecule has 1 saturated heterocycles. The lowest BCUT2D eigenvalue weighted by Gasteiger charge is -2.21. The molecule has 0 bridgehead atoms. The van der Waals surface area contributed by atoms with Crippen molar-refractivity contribution in [3.05, 3.63) is 29.3 Å². The molecule has 1 aromatic carbocycles. The van der Waals surface area contributed by atoms with Gasteiger partial charge >= 0.3 is 0 Å². The van der Waals surface area contributed by atoms with Crippen LogP contribution in [0, 0.1) is 24.5 Å². The molecule has 1 N–H and O–H groups in total. The van der Waals surface area contributed by atoms with Crippen molar-refractivity contribution < 1.29 is 8.78 Å². The minimum Gasteiger partial charge on any atom is -0.366 e. The summed E-state index contributed by atoms with van der Waals surface area (Å²) in [5.74, 6) is -0.417. The van der Waals surface area contributed by atoms with Crippen molar-refractivity contribution in [2.75, 3.05) is 24.5 Å². The molecule has 1 fully saturated rings. The second-order valence-electron chi connectivity index (χ2n) is 5.69. The lowest BCUT2D eigenvalue weighted by molar-refractivity contribution is 0.479. The van der Waals surface area contributed by atoms with Gasteiger partial charge in [-0.1, -0.05) is 19.9 Å². The number of aryl methyl sites for hydroxylation is 1. The number of nitrogens with zero attached hydrogens (tertiary/aromatic N) is 1.